The molecule has 0 aliphatic rings. The number of anilines is 1. The van der Waals surface area contributed by atoms with Crippen molar-refractivity contribution in [3.8, 4) is 5.82 Å². The van der Waals surface area contributed by atoms with E-state index in [1.54, 1.807) is 22.9 Å². The first-order valence-electron chi connectivity index (χ1n) is 7.71. The molecule has 138 valence electrons. The minimum Gasteiger partial charge on any atom is -0.367 e. The number of nitrogens with one attached hydrogen (secondary N) is 2. The molecule has 3 heterocycles. The maximum Gasteiger partial charge on any atom is 0.250 e. The number of nitrogens with zero attached hydrogens (tertiary/aromatic N) is 4. The quantitative estimate of drug-likeness (QED) is 0.577. The van der Waals surface area contributed by atoms with Gasteiger partial charge in [-0.3, -0.25) is 0 Å². The molecule has 0 atom stereocenters. The molecule has 0 aromatic carbocycles. The van der Waals surface area contributed by atoms with Crippen molar-refractivity contribution in [2.45, 2.75) is 18.1 Å². The van der Waals surface area contributed by atoms with Gasteiger partial charge in [0.25, 0.3) is 0 Å². The largest absolute Gasteiger partial charge is 0.367 e. The summed E-state index contributed by atoms with van der Waals surface area (Å²) in [5.74, 6) is 1.17. The summed E-state index contributed by atoms with van der Waals surface area (Å²) in [4.78, 5) is 0. The molecule has 0 aliphatic carbocycles. The molecule has 8 nitrogen and oxygen atoms in total. The van der Waals surface area contributed by atoms with Gasteiger partial charge < -0.3 is 5.32 Å². The zero-order chi connectivity index (χ0) is 18.7. The summed E-state index contributed by atoms with van der Waals surface area (Å²) in [5, 5.41) is 15.6. The van der Waals surface area contributed by atoms with Gasteiger partial charge in [-0.1, -0.05) is 11.6 Å². The van der Waals surface area contributed by atoms with Crippen molar-refractivity contribution in [2.75, 3.05) is 18.4 Å². The first-order chi connectivity index (χ1) is 12.3. The normalized spacial score (nSPS) is 11.7. The second-order valence-corrected chi connectivity index (χ2v) is 9.21. The first-order valence-corrected chi connectivity index (χ1v) is 10.4. The second kappa shape index (κ2) is 7.70. The average molecular weight is 413 g/mol. The van der Waals surface area contributed by atoms with Gasteiger partial charge in [-0.05, 0) is 44.2 Å². The number of rotatable bonds is 7. The van der Waals surface area contributed by atoms with E-state index >= 15 is 0 Å². The van der Waals surface area contributed by atoms with Crippen LogP contribution in [0.2, 0.25) is 4.34 Å². The molecule has 0 spiro atoms. The number of sulfonamides is 1. The lowest BCUT2D eigenvalue weighted by molar-refractivity contribution is 0.585. The number of aromatic nitrogens is 4. The van der Waals surface area contributed by atoms with Gasteiger partial charge in [0.2, 0.25) is 10.0 Å². The Morgan fingerprint density at radius 3 is 2.54 bits per heavy atom. The third kappa shape index (κ3) is 4.39. The summed E-state index contributed by atoms with van der Waals surface area (Å²) in [6.45, 7) is 4.43. The highest BCUT2D eigenvalue weighted by Gasteiger charge is 2.15. The van der Waals surface area contributed by atoms with Gasteiger partial charge in [0.15, 0.2) is 5.82 Å². The van der Waals surface area contributed by atoms with Crippen molar-refractivity contribution in [1.82, 2.24) is 24.7 Å². The summed E-state index contributed by atoms with van der Waals surface area (Å²) < 4.78 is 29.0. The lowest BCUT2D eigenvalue weighted by Crippen LogP contribution is -2.28. The van der Waals surface area contributed by atoms with E-state index in [1.807, 2.05) is 19.9 Å². The molecule has 0 saturated heterocycles. The van der Waals surface area contributed by atoms with Gasteiger partial charge >= 0.3 is 0 Å². The minimum absolute atomic E-state index is 0.191. The fourth-order valence-electron chi connectivity index (χ4n) is 2.28. The van der Waals surface area contributed by atoms with Crippen LogP contribution in [0.4, 0.5) is 5.82 Å². The monoisotopic (exact) mass is 412 g/mol. The lowest BCUT2D eigenvalue weighted by atomic mass is 10.4. The summed E-state index contributed by atoms with van der Waals surface area (Å²) in [6.07, 6.45) is 0. The summed E-state index contributed by atoms with van der Waals surface area (Å²) in [7, 11) is -3.54. The van der Waals surface area contributed by atoms with Crippen molar-refractivity contribution in [1.29, 1.82) is 0 Å². The molecule has 0 saturated carbocycles. The predicted molar refractivity (Wildman–Crippen MR) is 102 cm³/mol. The lowest BCUT2D eigenvalue weighted by Gasteiger charge is -2.07. The zero-order valence-corrected chi connectivity index (χ0v) is 16.5. The number of hydrogen-bond donors (Lipinski definition) is 2. The third-order valence-electron chi connectivity index (χ3n) is 3.41. The molecule has 3 aromatic rings. The van der Waals surface area contributed by atoms with Gasteiger partial charge in [-0.15, -0.1) is 21.5 Å². The molecule has 0 bridgehead atoms. The highest BCUT2D eigenvalue weighted by Crippen LogP contribution is 2.25. The number of halogens is 1. The Labute approximate surface area is 160 Å². The number of aryl methyl sites for hydroxylation is 2. The molecule has 0 unspecified atom stereocenters. The van der Waals surface area contributed by atoms with Gasteiger partial charge in [-0.25, -0.2) is 17.8 Å². The summed E-state index contributed by atoms with van der Waals surface area (Å²) in [6, 6.07) is 8.56. The van der Waals surface area contributed by atoms with Crippen LogP contribution < -0.4 is 10.0 Å². The van der Waals surface area contributed by atoms with Gasteiger partial charge in [0.05, 0.1) is 10.0 Å². The van der Waals surface area contributed by atoms with Crippen molar-refractivity contribution < 1.29 is 8.42 Å². The molecular weight excluding hydrogens is 396 g/mol. The Morgan fingerprint density at radius 1 is 1.15 bits per heavy atom. The van der Waals surface area contributed by atoms with Crippen molar-refractivity contribution in [2.24, 2.45) is 0 Å². The standard InChI is InChI=1S/C15H17ClN6O2S2/c1-10-9-11(2)22(21-10)14-5-4-13(19-20-14)17-7-8-18-26(23,24)15-6-3-12(16)25-15/h3-6,9,18H,7-8H2,1-2H3,(H,17,19). The molecule has 0 fully saturated rings. The van der Waals surface area contributed by atoms with Crippen LogP contribution in [0.3, 0.4) is 0 Å². The topological polar surface area (TPSA) is 102 Å². The molecular formula is C15H17ClN6O2S2. The number of thiophene rings is 1. The van der Waals surface area contributed by atoms with Crippen LogP contribution in [0.1, 0.15) is 11.4 Å². The molecule has 0 amide bonds. The fraction of sp³-hybridized carbons (Fsp3) is 0.267. The highest BCUT2D eigenvalue weighted by atomic mass is 35.5. The third-order valence-corrected chi connectivity index (χ3v) is 6.60. The van der Waals surface area contributed by atoms with E-state index < -0.39 is 10.0 Å². The van der Waals surface area contributed by atoms with E-state index in [0.717, 1.165) is 22.7 Å². The van der Waals surface area contributed by atoms with Crippen molar-refractivity contribution >= 4 is 38.8 Å². The van der Waals surface area contributed by atoms with Crippen LogP contribution in [0.25, 0.3) is 5.82 Å². The average Bonchev–Trinajstić information content (AvgIpc) is 3.18. The zero-order valence-electron chi connectivity index (χ0n) is 14.1. The predicted octanol–water partition coefficient (Wildman–Crippen LogP) is 2.38. The molecule has 0 radical (unpaired) electrons. The maximum atomic E-state index is 12.1. The van der Waals surface area contributed by atoms with Gasteiger partial charge in [-0.2, -0.15) is 5.10 Å². The van der Waals surface area contributed by atoms with Crippen molar-refractivity contribution in [3.05, 3.63) is 46.1 Å². The fourth-order valence-corrected chi connectivity index (χ4v) is 4.84. The van der Waals surface area contributed by atoms with E-state index in [1.165, 1.54) is 6.07 Å². The Hall–Kier alpha value is -2.01. The minimum atomic E-state index is -3.54. The molecule has 26 heavy (non-hydrogen) atoms. The maximum absolute atomic E-state index is 12.1. The van der Waals surface area contributed by atoms with Crippen LogP contribution in [0, 0.1) is 13.8 Å². The SMILES string of the molecule is Cc1cc(C)n(-c2ccc(NCCNS(=O)(=O)c3ccc(Cl)s3)nn2)n1. The van der Waals surface area contributed by atoms with Crippen LogP contribution in [0.5, 0.6) is 0 Å². The Kier molecular flexibility index (Phi) is 5.56. The molecule has 3 aromatic heterocycles. The molecule has 3 rings (SSSR count). The number of hydrogen-bond acceptors (Lipinski definition) is 7. The highest BCUT2D eigenvalue weighted by molar-refractivity contribution is 7.91. The van der Waals surface area contributed by atoms with Crippen LogP contribution >= 0.6 is 22.9 Å². The van der Waals surface area contributed by atoms with E-state index in [9.17, 15) is 8.42 Å². The summed E-state index contributed by atoms with van der Waals surface area (Å²) >= 11 is 6.78. The molecule has 11 heteroatoms. The van der Waals surface area contributed by atoms with Crippen LogP contribution in [0.15, 0.2) is 34.5 Å². The van der Waals surface area contributed by atoms with Crippen LogP contribution in [-0.2, 0) is 10.0 Å². The Morgan fingerprint density at radius 2 is 1.96 bits per heavy atom. The molecule has 0 aliphatic heterocycles. The first kappa shape index (κ1) is 18.8. The second-order valence-electron chi connectivity index (χ2n) is 5.50. The van der Waals surface area contributed by atoms with Crippen molar-refractivity contribution in [3.63, 3.8) is 0 Å². The summed E-state index contributed by atoms with van der Waals surface area (Å²) in [5.41, 5.74) is 1.88. The van der Waals surface area contributed by atoms with Crippen LogP contribution in [-0.4, -0.2) is 41.5 Å². The van der Waals surface area contributed by atoms with E-state index in [4.69, 9.17) is 11.6 Å². The van der Waals surface area contributed by atoms with Gasteiger partial charge in [0.1, 0.15) is 10.0 Å². The van der Waals surface area contributed by atoms with E-state index in [-0.39, 0.29) is 10.8 Å². The van der Waals surface area contributed by atoms with E-state index in [0.29, 0.717) is 22.5 Å². The van der Waals surface area contributed by atoms with Gasteiger partial charge in [0, 0.05) is 18.8 Å². The smallest absolute Gasteiger partial charge is 0.250 e. The van der Waals surface area contributed by atoms with E-state index in [2.05, 4.69) is 25.3 Å². The Balaban J connectivity index is 1.53. The Bertz CT molecular complexity index is 998. The molecule has 2 N–H and O–H groups in total.